The zero-order valence-corrected chi connectivity index (χ0v) is 13.0. The molecule has 20 heavy (non-hydrogen) atoms. The summed E-state index contributed by atoms with van der Waals surface area (Å²) in [5, 5.41) is 13.2. The third kappa shape index (κ3) is 4.63. The second kappa shape index (κ2) is 8.73. The summed E-state index contributed by atoms with van der Waals surface area (Å²) in [6.07, 6.45) is 2.98. The predicted molar refractivity (Wildman–Crippen MR) is 84.4 cm³/mol. The molecule has 1 N–H and O–H groups in total. The summed E-state index contributed by atoms with van der Waals surface area (Å²) in [4.78, 5) is 2.29. The number of hydrogen-bond acceptors (Lipinski definition) is 3. The first kappa shape index (κ1) is 16.7. The highest BCUT2D eigenvalue weighted by Gasteiger charge is 2.31. The van der Waals surface area contributed by atoms with E-state index in [1.807, 2.05) is 30.3 Å². The van der Waals surface area contributed by atoms with Gasteiger partial charge in [-0.05, 0) is 45.0 Å². The van der Waals surface area contributed by atoms with Crippen LogP contribution in [0.15, 0.2) is 30.3 Å². The minimum atomic E-state index is -0.570. The van der Waals surface area contributed by atoms with Gasteiger partial charge in [-0.25, -0.2) is 0 Å². The molecule has 0 bridgehead atoms. The van der Waals surface area contributed by atoms with Crippen LogP contribution in [-0.4, -0.2) is 31.6 Å². The van der Waals surface area contributed by atoms with E-state index in [2.05, 4.69) is 37.2 Å². The molecule has 0 radical (unpaired) electrons. The van der Waals surface area contributed by atoms with Gasteiger partial charge in [-0.3, -0.25) is 5.32 Å². The van der Waals surface area contributed by atoms with Crippen LogP contribution in [0, 0.1) is 11.3 Å². The molecule has 0 spiro atoms. The Kier molecular flexibility index (Phi) is 7.28. The van der Waals surface area contributed by atoms with Crippen LogP contribution in [0.2, 0.25) is 0 Å². The van der Waals surface area contributed by atoms with Gasteiger partial charge in [-0.1, -0.05) is 44.2 Å². The van der Waals surface area contributed by atoms with Gasteiger partial charge >= 0.3 is 0 Å². The van der Waals surface area contributed by atoms with E-state index in [-0.39, 0.29) is 0 Å². The largest absolute Gasteiger partial charge is 0.306 e. The lowest BCUT2D eigenvalue weighted by molar-refractivity contribution is 0.280. The number of nitrogens with one attached hydrogen (secondary N) is 1. The molecule has 1 rings (SSSR count). The van der Waals surface area contributed by atoms with Gasteiger partial charge < -0.3 is 4.90 Å². The lowest BCUT2D eigenvalue weighted by Gasteiger charge is -2.30. The van der Waals surface area contributed by atoms with Crippen molar-refractivity contribution in [3.05, 3.63) is 35.9 Å². The van der Waals surface area contributed by atoms with E-state index in [0.717, 1.165) is 44.5 Å². The van der Waals surface area contributed by atoms with E-state index in [0.29, 0.717) is 0 Å². The fourth-order valence-corrected chi connectivity index (χ4v) is 2.41. The van der Waals surface area contributed by atoms with E-state index in [4.69, 9.17) is 0 Å². The van der Waals surface area contributed by atoms with E-state index in [1.165, 1.54) is 0 Å². The van der Waals surface area contributed by atoms with Crippen LogP contribution < -0.4 is 5.32 Å². The zero-order chi connectivity index (χ0) is 14.8. The molecule has 0 amide bonds. The van der Waals surface area contributed by atoms with E-state index >= 15 is 0 Å². The molecule has 1 unspecified atom stereocenters. The molecule has 0 saturated heterocycles. The van der Waals surface area contributed by atoms with Crippen molar-refractivity contribution in [3.63, 3.8) is 0 Å². The van der Waals surface area contributed by atoms with Crippen molar-refractivity contribution in [2.24, 2.45) is 0 Å². The maximum atomic E-state index is 9.77. The first-order valence-electron chi connectivity index (χ1n) is 7.59. The highest BCUT2D eigenvalue weighted by molar-refractivity contribution is 5.31. The summed E-state index contributed by atoms with van der Waals surface area (Å²) < 4.78 is 0. The molecule has 1 atom stereocenters. The summed E-state index contributed by atoms with van der Waals surface area (Å²) >= 11 is 0. The number of rotatable bonds is 9. The van der Waals surface area contributed by atoms with Crippen LogP contribution in [0.4, 0.5) is 0 Å². The predicted octanol–water partition coefficient (Wildman–Crippen LogP) is 3.14. The molecule has 0 aliphatic carbocycles. The Morgan fingerprint density at radius 3 is 2.40 bits per heavy atom. The summed E-state index contributed by atoms with van der Waals surface area (Å²) in [7, 11) is 2.12. The van der Waals surface area contributed by atoms with Crippen LogP contribution >= 0.6 is 0 Å². The maximum absolute atomic E-state index is 9.77. The molecule has 3 heteroatoms. The molecule has 3 nitrogen and oxygen atoms in total. The molecule has 0 aliphatic heterocycles. The molecule has 1 aromatic carbocycles. The maximum Gasteiger partial charge on any atom is 0.133 e. The number of nitriles is 1. The Morgan fingerprint density at radius 1 is 1.15 bits per heavy atom. The third-order valence-corrected chi connectivity index (χ3v) is 3.61. The monoisotopic (exact) mass is 273 g/mol. The quantitative estimate of drug-likeness (QED) is 0.751. The van der Waals surface area contributed by atoms with Gasteiger partial charge in [0.25, 0.3) is 0 Å². The Balaban J connectivity index is 2.86. The molecule has 1 aromatic rings. The van der Waals surface area contributed by atoms with Crippen molar-refractivity contribution in [1.29, 1.82) is 5.26 Å². The standard InChI is InChI=1S/C17H27N3/c1-4-12-19-17(15-18,11-14-20(3)13-5-2)16-9-7-6-8-10-16/h6-10,19H,4-5,11-14H2,1-3H3. The highest BCUT2D eigenvalue weighted by atomic mass is 15.1. The Bertz CT molecular complexity index is 410. The fraction of sp³-hybridized carbons (Fsp3) is 0.588. The van der Waals surface area contributed by atoms with E-state index in [1.54, 1.807) is 0 Å². The average Bonchev–Trinajstić information content (AvgIpc) is 2.49. The lowest BCUT2D eigenvalue weighted by Crippen LogP contribution is -2.44. The van der Waals surface area contributed by atoms with Crippen molar-refractivity contribution in [2.45, 2.75) is 38.6 Å². The van der Waals surface area contributed by atoms with Gasteiger partial charge in [0.05, 0.1) is 6.07 Å². The summed E-state index contributed by atoms with van der Waals surface area (Å²) in [6.45, 7) is 7.17. The lowest BCUT2D eigenvalue weighted by atomic mass is 9.87. The minimum Gasteiger partial charge on any atom is -0.306 e. The van der Waals surface area contributed by atoms with Crippen molar-refractivity contribution in [2.75, 3.05) is 26.7 Å². The second-order valence-electron chi connectivity index (χ2n) is 5.36. The zero-order valence-electron chi connectivity index (χ0n) is 13.0. The van der Waals surface area contributed by atoms with Crippen LogP contribution in [0.3, 0.4) is 0 Å². The van der Waals surface area contributed by atoms with Gasteiger partial charge in [-0.15, -0.1) is 0 Å². The van der Waals surface area contributed by atoms with Crippen molar-refractivity contribution in [3.8, 4) is 6.07 Å². The first-order valence-corrected chi connectivity index (χ1v) is 7.59. The minimum absolute atomic E-state index is 0.570. The molecule has 0 saturated carbocycles. The van der Waals surface area contributed by atoms with Crippen molar-refractivity contribution >= 4 is 0 Å². The summed E-state index contributed by atoms with van der Waals surface area (Å²) in [6, 6.07) is 12.6. The Hall–Kier alpha value is -1.37. The topological polar surface area (TPSA) is 39.1 Å². The van der Waals surface area contributed by atoms with E-state index in [9.17, 15) is 5.26 Å². The molecular formula is C17H27N3. The molecule has 110 valence electrons. The normalized spacial score (nSPS) is 13.9. The van der Waals surface area contributed by atoms with Gasteiger partial charge in [0.1, 0.15) is 5.54 Å². The van der Waals surface area contributed by atoms with Crippen LogP contribution in [0.5, 0.6) is 0 Å². The number of hydrogen-bond donors (Lipinski definition) is 1. The van der Waals surface area contributed by atoms with Crippen LogP contribution in [-0.2, 0) is 5.54 Å². The van der Waals surface area contributed by atoms with Crippen molar-refractivity contribution in [1.82, 2.24) is 10.2 Å². The van der Waals surface area contributed by atoms with Gasteiger partial charge in [0.2, 0.25) is 0 Å². The molecule has 0 fully saturated rings. The van der Waals surface area contributed by atoms with E-state index < -0.39 is 5.54 Å². The number of nitrogens with zero attached hydrogens (tertiary/aromatic N) is 2. The van der Waals surface area contributed by atoms with Gasteiger partial charge in [-0.2, -0.15) is 5.26 Å². The third-order valence-electron chi connectivity index (χ3n) is 3.61. The summed E-state index contributed by atoms with van der Waals surface area (Å²) in [5.74, 6) is 0. The number of benzene rings is 1. The molecule has 0 aliphatic rings. The molecule has 0 heterocycles. The van der Waals surface area contributed by atoms with Gasteiger partial charge in [0, 0.05) is 6.54 Å². The average molecular weight is 273 g/mol. The smallest absolute Gasteiger partial charge is 0.133 e. The first-order chi connectivity index (χ1) is 9.68. The second-order valence-corrected chi connectivity index (χ2v) is 5.36. The van der Waals surface area contributed by atoms with Crippen LogP contribution in [0.25, 0.3) is 0 Å². The van der Waals surface area contributed by atoms with Crippen molar-refractivity contribution < 1.29 is 0 Å². The van der Waals surface area contributed by atoms with Crippen LogP contribution in [0.1, 0.15) is 38.7 Å². The van der Waals surface area contributed by atoms with Gasteiger partial charge in [0.15, 0.2) is 0 Å². The Morgan fingerprint density at radius 2 is 1.85 bits per heavy atom. The SMILES string of the molecule is CCCNC(C#N)(CCN(C)CCC)c1ccccc1. The summed E-state index contributed by atoms with van der Waals surface area (Å²) in [5.41, 5.74) is 0.500. The highest BCUT2D eigenvalue weighted by Crippen LogP contribution is 2.24. The molecular weight excluding hydrogens is 246 g/mol. The Labute approximate surface area is 123 Å². The fourth-order valence-electron chi connectivity index (χ4n) is 2.41. The molecule has 0 aromatic heterocycles.